The summed E-state index contributed by atoms with van der Waals surface area (Å²) < 4.78 is 0. The van der Waals surface area contributed by atoms with Gasteiger partial charge in [0.05, 0.1) is 6.54 Å². The van der Waals surface area contributed by atoms with Crippen LogP contribution in [-0.2, 0) is 11.3 Å². The molecule has 2 N–H and O–H groups in total. The Balaban J connectivity index is 1.98. The van der Waals surface area contributed by atoms with Crippen LogP contribution < -0.4 is 5.73 Å². The van der Waals surface area contributed by atoms with Gasteiger partial charge in [0.2, 0.25) is 5.91 Å². The normalized spacial score (nSPS) is 17.0. The Morgan fingerprint density at radius 2 is 2.05 bits per heavy atom. The molecule has 2 rings (SSSR count). The van der Waals surface area contributed by atoms with Crippen LogP contribution in [0.1, 0.15) is 25.0 Å². The molecule has 0 aliphatic carbocycles. The molecule has 0 atom stereocenters. The summed E-state index contributed by atoms with van der Waals surface area (Å²) in [5, 5.41) is 0. The first-order chi connectivity index (χ1) is 9.45. The molecule has 1 aliphatic rings. The molecule has 1 aliphatic heterocycles. The average molecular weight is 275 g/mol. The SMILES string of the molecule is Cc1ccc(N)cc1CN1CCN(CC(C)C)CC1=O. The lowest BCUT2D eigenvalue weighted by Gasteiger charge is -2.35. The highest BCUT2D eigenvalue weighted by Crippen LogP contribution is 2.17. The zero-order valence-corrected chi connectivity index (χ0v) is 12.7. The number of anilines is 1. The maximum atomic E-state index is 12.2. The molecule has 0 saturated carbocycles. The van der Waals surface area contributed by atoms with Gasteiger partial charge < -0.3 is 10.6 Å². The molecule has 1 aromatic rings. The molecule has 0 spiro atoms. The number of amides is 1. The van der Waals surface area contributed by atoms with E-state index in [0.717, 1.165) is 30.9 Å². The van der Waals surface area contributed by atoms with Gasteiger partial charge in [-0.25, -0.2) is 0 Å². The van der Waals surface area contributed by atoms with Crippen LogP contribution >= 0.6 is 0 Å². The average Bonchev–Trinajstić information content (AvgIpc) is 2.36. The zero-order valence-electron chi connectivity index (χ0n) is 12.7. The van der Waals surface area contributed by atoms with Crippen molar-refractivity contribution in [2.24, 2.45) is 5.92 Å². The number of piperazine rings is 1. The van der Waals surface area contributed by atoms with Crippen LogP contribution in [0.25, 0.3) is 0 Å². The van der Waals surface area contributed by atoms with E-state index in [1.807, 2.05) is 23.1 Å². The van der Waals surface area contributed by atoms with Gasteiger partial charge in [-0.2, -0.15) is 0 Å². The summed E-state index contributed by atoms with van der Waals surface area (Å²) in [6, 6.07) is 5.90. The molecule has 1 saturated heterocycles. The van der Waals surface area contributed by atoms with Crippen LogP contribution in [-0.4, -0.2) is 41.9 Å². The third-order valence-corrected chi connectivity index (χ3v) is 3.76. The number of nitrogen functional groups attached to an aromatic ring is 1. The first-order valence-electron chi connectivity index (χ1n) is 7.31. The second-order valence-electron chi connectivity index (χ2n) is 6.13. The van der Waals surface area contributed by atoms with Crippen LogP contribution in [0.3, 0.4) is 0 Å². The van der Waals surface area contributed by atoms with Gasteiger partial charge in [0.25, 0.3) is 0 Å². The Morgan fingerprint density at radius 3 is 2.70 bits per heavy atom. The highest BCUT2D eigenvalue weighted by atomic mass is 16.2. The summed E-state index contributed by atoms with van der Waals surface area (Å²) in [5.74, 6) is 0.823. The van der Waals surface area contributed by atoms with Crippen molar-refractivity contribution < 1.29 is 4.79 Å². The third-order valence-electron chi connectivity index (χ3n) is 3.76. The topological polar surface area (TPSA) is 49.6 Å². The van der Waals surface area contributed by atoms with Gasteiger partial charge in [-0.1, -0.05) is 19.9 Å². The summed E-state index contributed by atoms with van der Waals surface area (Å²) in [7, 11) is 0. The van der Waals surface area contributed by atoms with Gasteiger partial charge in [0, 0.05) is 31.9 Å². The molecule has 1 fully saturated rings. The number of nitrogens with zero attached hydrogens (tertiary/aromatic N) is 2. The summed E-state index contributed by atoms with van der Waals surface area (Å²) >= 11 is 0. The number of carbonyl (C=O) groups is 1. The minimum Gasteiger partial charge on any atom is -0.399 e. The lowest BCUT2D eigenvalue weighted by molar-refractivity contribution is -0.136. The van der Waals surface area contributed by atoms with E-state index < -0.39 is 0 Å². The van der Waals surface area contributed by atoms with Gasteiger partial charge in [-0.15, -0.1) is 0 Å². The smallest absolute Gasteiger partial charge is 0.237 e. The maximum absolute atomic E-state index is 12.2. The van der Waals surface area contributed by atoms with Gasteiger partial charge in [0.15, 0.2) is 0 Å². The van der Waals surface area contributed by atoms with E-state index in [2.05, 4.69) is 25.7 Å². The van der Waals surface area contributed by atoms with Crippen molar-refractivity contribution in [1.82, 2.24) is 9.80 Å². The number of aryl methyl sites for hydroxylation is 1. The summed E-state index contributed by atoms with van der Waals surface area (Å²) in [4.78, 5) is 16.4. The zero-order chi connectivity index (χ0) is 14.7. The predicted molar refractivity (Wildman–Crippen MR) is 82.3 cm³/mol. The van der Waals surface area contributed by atoms with E-state index in [-0.39, 0.29) is 5.91 Å². The summed E-state index contributed by atoms with van der Waals surface area (Å²) in [6.45, 7) is 10.4. The predicted octanol–water partition coefficient (Wildman–Crippen LogP) is 1.88. The quantitative estimate of drug-likeness (QED) is 0.854. The van der Waals surface area contributed by atoms with E-state index in [1.54, 1.807) is 0 Å². The minimum absolute atomic E-state index is 0.221. The Kier molecular flexibility index (Phi) is 4.65. The molecule has 0 radical (unpaired) electrons. The molecular formula is C16H25N3O. The van der Waals surface area contributed by atoms with Crippen molar-refractivity contribution in [3.63, 3.8) is 0 Å². The monoisotopic (exact) mass is 275 g/mol. The molecular weight excluding hydrogens is 250 g/mol. The van der Waals surface area contributed by atoms with Crippen LogP contribution in [0.4, 0.5) is 5.69 Å². The van der Waals surface area contributed by atoms with Gasteiger partial charge in [0.1, 0.15) is 0 Å². The Bertz CT molecular complexity index is 485. The van der Waals surface area contributed by atoms with E-state index in [9.17, 15) is 4.79 Å². The number of carbonyl (C=O) groups excluding carboxylic acids is 1. The fourth-order valence-corrected chi connectivity index (χ4v) is 2.66. The second kappa shape index (κ2) is 6.27. The fourth-order valence-electron chi connectivity index (χ4n) is 2.66. The largest absolute Gasteiger partial charge is 0.399 e. The van der Waals surface area contributed by atoms with Crippen molar-refractivity contribution in [3.05, 3.63) is 29.3 Å². The van der Waals surface area contributed by atoms with Crippen LogP contribution in [0, 0.1) is 12.8 Å². The molecule has 1 amide bonds. The number of hydrogen-bond acceptors (Lipinski definition) is 3. The van der Waals surface area contributed by atoms with Gasteiger partial charge in [-0.05, 0) is 36.1 Å². The molecule has 0 bridgehead atoms. The Morgan fingerprint density at radius 1 is 1.30 bits per heavy atom. The molecule has 0 unspecified atom stereocenters. The van der Waals surface area contributed by atoms with Gasteiger partial charge in [-0.3, -0.25) is 9.69 Å². The van der Waals surface area contributed by atoms with Gasteiger partial charge >= 0.3 is 0 Å². The Labute approximate surface area is 121 Å². The standard InChI is InChI=1S/C16H25N3O/c1-12(2)9-18-6-7-19(16(20)11-18)10-14-8-15(17)5-4-13(14)3/h4-5,8,12H,6-7,9-11,17H2,1-3H3. The van der Waals surface area contributed by atoms with E-state index in [4.69, 9.17) is 5.73 Å². The first kappa shape index (κ1) is 14.9. The lowest BCUT2D eigenvalue weighted by Crippen LogP contribution is -2.50. The first-order valence-corrected chi connectivity index (χ1v) is 7.31. The van der Waals surface area contributed by atoms with Crippen LogP contribution in [0.2, 0.25) is 0 Å². The van der Waals surface area contributed by atoms with E-state index in [0.29, 0.717) is 19.0 Å². The summed E-state index contributed by atoms with van der Waals surface area (Å²) in [5.41, 5.74) is 8.93. The molecule has 4 nitrogen and oxygen atoms in total. The molecule has 110 valence electrons. The number of hydrogen-bond donors (Lipinski definition) is 1. The number of rotatable bonds is 4. The molecule has 0 aromatic heterocycles. The van der Waals surface area contributed by atoms with Crippen molar-refractivity contribution >= 4 is 11.6 Å². The van der Waals surface area contributed by atoms with E-state index in [1.165, 1.54) is 5.56 Å². The second-order valence-corrected chi connectivity index (χ2v) is 6.13. The van der Waals surface area contributed by atoms with Crippen molar-refractivity contribution in [3.8, 4) is 0 Å². The van der Waals surface area contributed by atoms with Crippen LogP contribution in [0.5, 0.6) is 0 Å². The third kappa shape index (κ3) is 3.73. The van der Waals surface area contributed by atoms with Crippen molar-refractivity contribution in [2.75, 3.05) is 31.9 Å². The summed E-state index contributed by atoms with van der Waals surface area (Å²) in [6.07, 6.45) is 0. The Hall–Kier alpha value is -1.55. The fraction of sp³-hybridized carbons (Fsp3) is 0.562. The highest BCUT2D eigenvalue weighted by Gasteiger charge is 2.24. The molecule has 4 heteroatoms. The van der Waals surface area contributed by atoms with Crippen LogP contribution in [0.15, 0.2) is 18.2 Å². The highest BCUT2D eigenvalue weighted by molar-refractivity contribution is 5.79. The molecule has 1 heterocycles. The maximum Gasteiger partial charge on any atom is 0.237 e. The van der Waals surface area contributed by atoms with E-state index >= 15 is 0 Å². The lowest BCUT2D eigenvalue weighted by atomic mass is 10.1. The number of benzene rings is 1. The van der Waals surface area contributed by atoms with Crippen molar-refractivity contribution in [1.29, 1.82) is 0 Å². The molecule has 20 heavy (non-hydrogen) atoms. The molecule has 1 aromatic carbocycles. The minimum atomic E-state index is 0.221. The van der Waals surface area contributed by atoms with Crippen molar-refractivity contribution in [2.45, 2.75) is 27.3 Å². The number of nitrogens with two attached hydrogens (primary N) is 1.